The van der Waals surface area contributed by atoms with E-state index in [-0.39, 0.29) is 0 Å². The Labute approximate surface area is 110 Å². The van der Waals surface area contributed by atoms with Crippen LogP contribution < -0.4 is 4.74 Å². The molecular formula is C16H23NO. The fraction of sp³-hybridized carbons (Fsp3) is 0.625. The standard InChI is InChI=1S/C16H23NO/c1-2-12-17(11-1)13-3-4-14-5-7-15(8-6-14)18-16-9-10-16/h5-8,16H,1-4,9-13H2. The fourth-order valence-corrected chi connectivity index (χ4v) is 2.63. The van der Waals surface area contributed by atoms with E-state index in [2.05, 4.69) is 29.2 Å². The molecular weight excluding hydrogens is 222 g/mol. The molecule has 2 heteroatoms. The van der Waals surface area contributed by atoms with Crippen molar-refractivity contribution in [2.75, 3.05) is 19.6 Å². The first-order valence-corrected chi connectivity index (χ1v) is 7.38. The average molecular weight is 245 g/mol. The van der Waals surface area contributed by atoms with Crippen molar-refractivity contribution in [1.82, 2.24) is 4.90 Å². The van der Waals surface area contributed by atoms with Gasteiger partial charge in [-0.15, -0.1) is 0 Å². The molecule has 3 rings (SSSR count). The summed E-state index contributed by atoms with van der Waals surface area (Å²) >= 11 is 0. The summed E-state index contributed by atoms with van der Waals surface area (Å²) in [5, 5.41) is 0. The van der Waals surface area contributed by atoms with Crippen molar-refractivity contribution >= 4 is 0 Å². The summed E-state index contributed by atoms with van der Waals surface area (Å²) in [5.74, 6) is 1.04. The lowest BCUT2D eigenvalue weighted by atomic mass is 10.1. The third kappa shape index (κ3) is 3.49. The molecule has 1 saturated heterocycles. The van der Waals surface area contributed by atoms with Crippen LogP contribution in [0, 0.1) is 0 Å². The Morgan fingerprint density at radius 2 is 1.78 bits per heavy atom. The van der Waals surface area contributed by atoms with Crippen molar-refractivity contribution < 1.29 is 4.74 Å². The third-order valence-electron chi connectivity index (χ3n) is 3.89. The third-order valence-corrected chi connectivity index (χ3v) is 3.89. The zero-order valence-corrected chi connectivity index (χ0v) is 11.1. The Bertz CT molecular complexity index is 363. The number of rotatable bonds is 6. The lowest BCUT2D eigenvalue weighted by molar-refractivity contribution is 0.303. The number of nitrogens with zero attached hydrogens (tertiary/aromatic N) is 1. The highest BCUT2D eigenvalue weighted by Crippen LogP contribution is 2.26. The first-order valence-electron chi connectivity index (χ1n) is 7.38. The molecule has 18 heavy (non-hydrogen) atoms. The molecule has 2 fully saturated rings. The highest BCUT2D eigenvalue weighted by atomic mass is 16.5. The fourth-order valence-electron chi connectivity index (χ4n) is 2.63. The minimum absolute atomic E-state index is 0.506. The summed E-state index contributed by atoms with van der Waals surface area (Å²) in [4.78, 5) is 2.59. The quantitative estimate of drug-likeness (QED) is 0.763. The minimum Gasteiger partial charge on any atom is -0.490 e. The Kier molecular flexibility index (Phi) is 3.84. The summed E-state index contributed by atoms with van der Waals surface area (Å²) in [7, 11) is 0. The van der Waals surface area contributed by atoms with Gasteiger partial charge in [-0.3, -0.25) is 0 Å². The van der Waals surface area contributed by atoms with Gasteiger partial charge in [0.05, 0.1) is 6.10 Å². The molecule has 0 aromatic heterocycles. The number of benzene rings is 1. The van der Waals surface area contributed by atoms with Gasteiger partial charge in [0.1, 0.15) is 5.75 Å². The lowest BCUT2D eigenvalue weighted by Crippen LogP contribution is -2.20. The van der Waals surface area contributed by atoms with Gasteiger partial charge < -0.3 is 9.64 Å². The molecule has 1 aromatic carbocycles. The van der Waals surface area contributed by atoms with Gasteiger partial charge in [-0.25, -0.2) is 0 Å². The summed E-state index contributed by atoms with van der Waals surface area (Å²) in [6.07, 6.45) is 8.24. The van der Waals surface area contributed by atoms with Crippen LogP contribution in [0.25, 0.3) is 0 Å². The molecule has 0 radical (unpaired) electrons. The first-order chi connectivity index (χ1) is 8.90. The zero-order valence-electron chi connectivity index (χ0n) is 11.1. The van der Waals surface area contributed by atoms with Gasteiger partial charge in [0, 0.05) is 0 Å². The molecule has 1 saturated carbocycles. The van der Waals surface area contributed by atoms with E-state index in [1.807, 2.05) is 0 Å². The molecule has 98 valence electrons. The van der Waals surface area contributed by atoms with Crippen LogP contribution in [0.2, 0.25) is 0 Å². The van der Waals surface area contributed by atoms with Crippen LogP contribution >= 0.6 is 0 Å². The Balaban J connectivity index is 1.41. The molecule has 0 unspecified atom stereocenters. The SMILES string of the molecule is c1cc(OC2CC2)ccc1CCCN1CCCC1. The van der Waals surface area contributed by atoms with E-state index in [0.29, 0.717) is 6.10 Å². The van der Waals surface area contributed by atoms with Crippen LogP contribution in [0.15, 0.2) is 24.3 Å². The molecule has 2 nitrogen and oxygen atoms in total. The predicted molar refractivity (Wildman–Crippen MR) is 74.1 cm³/mol. The van der Waals surface area contributed by atoms with Gasteiger partial charge >= 0.3 is 0 Å². The van der Waals surface area contributed by atoms with Crippen molar-refractivity contribution in [3.63, 3.8) is 0 Å². The molecule has 0 spiro atoms. The largest absolute Gasteiger partial charge is 0.490 e. The molecule has 0 atom stereocenters. The Morgan fingerprint density at radius 1 is 1.06 bits per heavy atom. The van der Waals surface area contributed by atoms with Gasteiger partial charge in [0.15, 0.2) is 0 Å². The van der Waals surface area contributed by atoms with E-state index >= 15 is 0 Å². The normalized spacial score (nSPS) is 20.2. The van der Waals surface area contributed by atoms with E-state index in [0.717, 1.165) is 5.75 Å². The molecule has 2 aliphatic rings. The molecule has 1 aliphatic heterocycles. The van der Waals surface area contributed by atoms with Crippen molar-refractivity contribution in [3.8, 4) is 5.75 Å². The molecule has 1 aliphatic carbocycles. The predicted octanol–water partition coefficient (Wildman–Crippen LogP) is 3.26. The van der Waals surface area contributed by atoms with Gasteiger partial charge in [0.2, 0.25) is 0 Å². The van der Waals surface area contributed by atoms with Crippen LogP contribution in [-0.2, 0) is 6.42 Å². The molecule has 0 bridgehead atoms. The maximum Gasteiger partial charge on any atom is 0.119 e. The van der Waals surface area contributed by atoms with E-state index in [9.17, 15) is 0 Å². The van der Waals surface area contributed by atoms with Crippen LogP contribution in [0.4, 0.5) is 0 Å². The Morgan fingerprint density at radius 3 is 2.44 bits per heavy atom. The van der Waals surface area contributed by atoms with Crippen molar-refractivity contribution in [1.29, 1.82) is 0 Å². The van der Waals surface area contributed by atoms with Gasteiger partial charge in [-0.05, 0) is 75.9 Å². The van der Waals surface area contributed by atoms with Gasteiger partial charge in [-0.2, -0.15) is 0 Å². The molecule has 1 aromatic rings. The number of hydrogen-bond donors (Lipinski definition) is 0. The maximum absolute atomic E-state index is 5.76. The van der Waals surface area contributed by atoms with Crippen molar-refractivity contribution in [2.45, 2.75) is 44.6 Å². The van der Waals surface area contributed by atoms with Gasteiger partial charge in [0.25, 0.3) is 0 Å². The van der Waals surface area contributed by atoms with Crippen molar-refractivity contribution in [3.05, 3.63) is 29.8 Å². The summed E-state index contributed by atoms with van der Waals surface area (Å²) < 4.78 is 5.76. The topological polar surface area (TPSA) is 12.5 Å². The van der Waals surface area contributed by atoms with E-state index in [1.165, 1.54) is 63.7 Å². The maximum atomic E-state index is 5.76. The van der Waals surface area contributed by atoms with E-state index < -0.39 is 0 Å². The van der Waals surface area contributed by atoms with Crippen LogP contribution in [-0.4, -0.2) is 30.6 Å². The monoisotopic (exact) mass is 245 g/mol. The number of ether oxygens (including phenoxy) is 1. The van der Waals surface area contributed by atoms with E-state index in [4.69, 9.17) is 4.74 Å². The smallest absolute Gasteiger partial charge is 0.119 e. The second kappa shape index (κ2) is 5.75. The number of aryl methyl sites for hydroxylation is 1. The number of hydrogen-bond acceptors (Lipinski definition) is 2. The van der Waals surface area contributed by atoms with Crippen molar-refractivity contribution in [2.24, 2.45) is 0 Å². The zero-order chi connectivity index (χ0) is 12.2. The second-order valence-corrected chi connectivity index (χ2v) is 5.61. The minimum atomic E-state index is 0.506. The number of likely N-dealkylation sites (tertiary alicyclic amines) is 1. The lowest BCUT2D eigenvalue weighted by Gasteiger charge is -2.14. The summed E-state index contributed by atoms with van der Waals surface area (Å²) in [6, 6.07) is 8.70. The Hall–Kier alpha value is -1.02. The van der Waals surface area contributed by atoms with Crippen LogP contribution in [0.1, 0.15) is 37.7 Å². The molecule has 0 N–H and O–H groups in total. The van der Waals surface area contributed by atoms with Crippen LogP contribution in [0.3, 0.4) is 0 Å². The highest BCUT2D eigenvalue weighted by molar-refractivity contribution is 5.27. The summed E-state index contributed by atoms with van der Waals surface area (Å²) in [6.45, 7) is 3.89. The summed E-state index contributed by atoms with van der Waals surface area (Å²) in [5.41, 5.74) is 1.44. The molecule has 1 heterocycles. The molecule has 0 amide bonds. The first kappa shape index (κ1) is 12.0. The van der Waals surface area contributed by atoms with E-state index in [1.54, 1.807) is 0 Å². The second-order valence-electron chi connectivity index (χ2n) is 5.61. The average Bonchev–Trinajstić information content (AvgIpc) is 3.05. The van der Waals surface area contributed by atoms with Crippen LogP contribution in [0.5, 0.6) is 5.75 Å². The van der Waals surface area contributed by atoms with Gasteiger partial charge in [-0.1, -0.05) is 12.1 Å². The highest BCUT2D eigenvalue weighted by Gasteiger charge is 2.23.